The Hall–Kier alpha value is -1.24. The van der Waals surface area contributed by atoms with Crippen LogP contribution in [0.1, 0.15) is 43.7 Å². The average molecular weight is 440 g/mol. The van der Waals surface area contributed by atoms with Crippen LogP contribution in [-0.2, 0) is 6.42 Å². The van der Waals surface area contributed by atoms with Gasteiger partial charge >= 0.3 is 0 Å². The van der Waals surface area contributed by atoms with E-state index in [9.17, 15) is 0 Å². The van der Waals surface area contributed by atoms with Crippen molar-refractivity contribution in [1.82, 2.24) is 15.6 Å². The zero-order valence-corrected chi connectivity index (χ0v) is 17.0. The molecule has 1 aliphatic carbocycles. The molecule has 1 aliphatic rings. The van der Waals surface area contributed by atoms with Crippen LogP contribution < -0.4 is 10.6 Å². The summed E-state index contributed by atoms with van der Waals surface area (Å²) in [4.78, 5) is 8.14. The van der Waals surface area contributed by atoms with Crippen molar-refractivity contribution in [1.29, 1.82) is 0 Å². The van der Waals surface area contributed by atoms with Gasteiger partial charge < -0.3 is 15.6 Å². The standard InChI is InChI=1S/C19H28N4.HI/c1-3-20-19(23-16-8-4-5-9-16)21-12-11-15-13-22-17-10-6-7-14(2)18(15)17;/h6-7,10,13,16,22H,3-5,8-9,11-12H2,1-2H3,(H2,20,21,23);1H. The average Bonchev–Trinajstić information content (AvgIpc) is 3.18. The summed E-state index contributed by atoms with van der Waals surface area (Å²) in [6.45, 7) is 6.01. The lowest BCUT2D eigenvalue weighted by Gasteiger charge is -2.16. The minimum Gasteiger partial charge on any atom is -0.361 e. The summed E-state index contributed by atoms with van der Waals surface area (Å²) in [5, 5.41) is 8.30. The first-order valence-electron chi connectivity index (χ1n) is 8.88. The molecule has 0 amide bonds. The van der Waals surface area contributed by atoms with E-state index in [1.54, 1.807) is 0 Å². The van der Waals surface area contributed by atoms with Crippen LogP contribution in [0.25, 0.3) is 10.9 Å². The smallest absolute Gasteiger partial charge is 0.191 e. The molecule has 0 atom stereocenters. The van der Waals surface area contributed by atoms with Gasteiger partial charge in [0.1, 0.15) is 0 Å². The van der Waals surface area contributed by atoms with E-state index < -0.39 is 0 Å². The molecule has 1 aromatic heterocycles. The number of hydrogen-bond donors (Lipinski definition) is 3. The van der Waals surface area contributed by atoms with Crippen molar-refractivity contribution in [2.24, 2.45) is 4.99 Å². The number of aromatic amines is 1. The summed E-state index contributed by atoms with van der Waals surface area (Å²) in [5.41, 5.74) is 3.91. The first-order valence-corrected chi connectivity index (χ1v) is 8.88. The molecule has 1 fully saturated rings. The lowest BCUT2D eigenvalue weighted by molar-refractivity contribution is 0.614. The Kier molecular flexibility index (Phi) is 7.40. The second kappa shape index (κ2) is 9.30. The lowest BCUT2D eigenvalue weighted by atomic mass is 10.1. The van der Waals surface area contributed by atoms with Crippen molar-refractivity contribution >= 4 is 40.8 Å². The zero-order chi connectivity index (χ0) is 16.1. The van der Waals surface area contributed by atoms with E-state index in [-0.39, 0.29) is 24.0 Å². The summed E-state index contributed by atoms with van der Waals surface area (Å²) in [6.07, 6.45) is 8.31. The van der Waals surface area contributed by atoms with Crippen molar-refractivity contribution < 1.29 is 0 Å². The van der Waals surface area contributed by atoms with Gasteiger partial charge in [0, 0.05) is 36.2 Å². The number of H-pyrrole nitrogens is 1. The molecule has 3 N–H and O–H groups in total. The molecular weight excluding hydrogens is 411 g/mol. The zero-order valence-electron chi connectivity index (χ0n) is 14.7. The summed E-state index contributed by atoms with van der Waals surface area (Å²) in [6, 6.07) is 7.02. The molecule has 0 bridgehead atoms. The van der Waals surface area contributed by atoms with Gasteiger partial charge in [-0.25, -0.2) is 0 Å². The first-order chi connectivity index (χ1) is 11.3. The number of aryl methyl sites for hydroxylation is 1. The molecule has 1 saturated carbocycles. The third-order valence-corrected chi connectivity index (χ3v) is 4.69. The van der Waals surface area contributed by atoms with Crippen molar-refractivity contribution in [3.05, 3.63) is 35.5 Å². The van der Waals surface area contributed by atoms with Crippen molar-refractivity contribution in [3.63, 3.8) is 0 Å². The van der Waals surface area contributed by atoms with E-state index in [0.29, 0.717) is 6.04 Å². The molecule has 5 heteroatoms. The molecule has 1 heterocycles. The lowest BCUT2D eigenvalue weighted by Crippen LogP contribution is -2.42. The molecule has 24 heavy (non-hydrogen) atoms. The Morgan fingerprint density at radius 3 is 2.83 bits per heavy atom. The number of aliphatic imine (C=N–C) groups is 1. The van der Waals surface area contributed by atoms with Gasteiger partial charge in [0.05, 0.1) is 0 Å². The number of guanidine groups is 1. The van der Waals surface area contributed by atoms with Gasteiger partial charge in [-0.1, -0.05) is 25.0 Å². The number of halogens is 1. The Bertz CT molecular complexity index is 671. The summed E-state index contributed by atoms with van der Waals surface area (Å²) in [5.74, 6) is 0.968. The first kappa shape index (κ1) is 19.1. The monoisotopic (exact) mass is 440 g/mol. The number of aromatic nitrogens is 1. The predicted octanol–water partition coefficient (Wildman–Crippen LogP) is 4.13. The van der Waals surface area contributed by atoms with E-state index >= 15 is 0 Å². The minimum absolute atomic E-state index is 0. The van der Waals surface area contributed by atoms with Crippen LogP contribution in [0.2, 0.25) is 0 Å². The van der Waals surface area contributed by atoms with Crippen molar-refractivity contribution in [2.75, 3.05) is 13.1 Å². The molecular formula is C19H29IN4. The van der Waals surface area contributed by atoms with Gasteiger partial charge in [0.2, 0.25) is 0 Å². The molecule has 3 rings (SSSR count). The second-order valence-electron chi connectivity index (χ2n) is 6.45. The number of benzene rings is 1. The maximum atomic E-state index is 4.77. The van der Waals surface area contributed by atoms with Crippen LogP contribution in [0.5, 0.6) is 0 Å². The molecule has 0 radical (unpaired) electrons. The van der Waals surface area contributed by atoms with E-state index in [0.717, 1.165) is 25.5 Å². The number of fused-ring (bicyclic) bond motifs is 1. The van der Waals surface area contributed by atoms with Crippen LogP contribution in [0.3, 0.4) is 0 Å². The molecule has 0 spiro atoms. The topological polar surface area (TPSA) is 52.2 Å². The maximum Gasteiger partial charge on any atom is 0.191 e. The van der Waals surface area contributed by atoms with E-state index in [1.807, 2.05) is 0 Å². The summed E-state index contributed by atoms with van der Waals surface area (Å²) < 4.78 is 0. The highest BCUT2D eigenvalue weighted by Crippen LogP contribution is 2.22. The number of hydrogen-bond acceptors (Lipinski definition) is 1. The fourth-order valence-electron chi connectivity index (χ4n) is 3.52. The van der Waals surface area contributed by atoms with E-state index in [1.165, 1.54) is 47.7 Å². The van der Waals surface area contributed by atoms with Crippen LogP contribution in [-0.4, -0.2) is 30.1 Å². The van der Waals surface area contributed by atoms with Gasteiger partial charge in [0.15, 0.2) is 5.96 Å². The van der Waals surface area contributed by atoms with Gasteiger partial charge in [-0.05, 0) is 50.3 Å². The highest BCUT2D eigenvalue weighted by molar-refractivity contribution is 14.0. The molecule has 2 aromatic rings. The normalized spacial score (nSPS) is 15.5. The SMILES string of the molecule is CCNC(=NCCc1c[nH]c2cccc(C)c12)NC1CCCC1.I. The number of nitrogens with zero attached hydrogens (tertiary/aromatic N) is 1. The third kappa shape index (κ3) is 4.65. The molecule has 0 saturated heterocycles. The third-order valence-electron chi connectivity index (χ3n) is 4.69. The van der Waals surface area contributed by atoms with Crippen LogP contribution in [0, 0.1) is 6.92 Å². The fraction of sp³-hybridized carbons (Fsp3) is 0.526. The minimum atomic E-state index is 0. The second-order valence-corrected chi connectivity index (χ2v) is 6.45. The molecule has 0 aliphatic heterocycles. The van der Waals surface area contributed by atoms with Gasteiger partial charge in [-0.15, -0.1) is 24.0 Å². The Morgan fingerprint density at radius 1 is 1.29 bits per heavy atom. The Balaban J connectivity index is 0.00000208. The molecule has 0 unspecified atom stereocenters. The van der Waals surface area contributed by atoms with Crippen molar-refractivity contribution in [2.45, 2.75) is 52.0 Å². The number of nitrogens with one attached hydrogen (secondary N) is 3. The highest BCUT2D eigenvalue weighted by atomic mass is 127. The van der Waals surface area contributed by atoms with Gasteiger partial charge in [0.25, 0.3) is 0 Å². The molecule has 1 aromatic carbocycles. The highest BCUT2D eigenvalue weighted by Gasteiger charge is 2.15. The summed E-state index contributed by atoms with van der Waals surface area (Å²) in [7, 11) is 0. The largest absolute Gasteiger partial charge is 0.361 e. The van der Waals surface area contributed by atoms with Crippen LogP contribution in [0.4, 0.5) is 0 Å². The van der Waals surface area contributed by atoms with E-state index in [4.69, 9.17) is 4.99 Å². The van der Waals surface area contributed by atoms with Crippen molar-refractivity contribution in [3.8, 4) is 0 Å². The Labute approximate surface area is 161 Å². The quantitative estimate of drug-likeness (QED) is 0.372. The number of rotatable bonds is 5. The van der Waals surface area contributed by atoms with Crippen LogP contribution in [0.15, 0.2) is 29.4 Å². The van der Waals surface area contributed by atoms with Crippen LogP contribution >= 0.6 is 24.0 Å². The van der Waals surface area contributed by atoms with Gasteiger partial charge in [-0.3, -0.25) is 4.99 Å². The van der Waals surface area contributed by atoms with Gasteiger partial charge in [-0.2, -0.15) is 0 Å². The Morgan fingerprint density at radius 2 is 2.08 bits per heavy atom. The fourth-order valence-corrected chi connectivity index (χ4v) is 3.52. The molecule has 4 nitrogen and oxygen atoms in total. The maximum absolute atomic E-state index is 4.77. The molecule has 132 valence electrons. The predicted molar refractivity (Wildman–Crippen MR) is 114 cm³/mol. The summed E-state index contributed by atoms with van der Waals surface area (Å²) >= 11 is 0. The van der Waals surface area contributed by atoms with E-state index in [2.05, 4.69) is 53.9 Å².